The Hall–Kier alpha value is -1.19. The van der Waals surface area contributed by atoms with Crippen molar-refractivity contribution < 1.29 is 8.42 Å². The van der Waals surface area contributed by atoms with Crippen molar-refractivity contribution in [2.45, 2.75) is 11.3 Å². The van der Waals surface area contributed by atoms with Crippen LogP contribution in [0.2, 0.25) is 5.02 Å². The van der Waals surface area contributed by atoms with Crippen LogP contribution in [0.1, 0.15) is 6.42 Å². The molecule has 0 radical (unpaired) electrons. The molecule has 2 heterocycles. The van der Waals surface area contributed by atoms with Crippen LogP contribution in [0, 0.1) is 0 Å². The lowest BCUT2D eigenvalue weighted by Crippen LogP contribution is -2.35. The van der Waals surface area contributed by atoms with Gasteiger partial charge in [0.05, 0.1) is 15.1 Å². The van der Waals surface area contributed by atoms with Gasteiger partial charge in [-0.05, 0) is 42.8 Å². The average Bonchev–Trinajstić information content (AvgIpc) is 2.88. The topological polar surface area (TPSA) is 53.5 Å². The summed E-state index contributed by atoms with van der Waals surface area (Å²) in [4.78, 5) is 7.17. The lowest BCUT2D eigenvalue weighted by molar-refractivity contribution is 0.433. The summed E-state index contributed by atoms with van der Waals surface area (Å²) < 4.78 is 29.3. The second-order valence-electron chi connectivity index (χ2n) is 6.31. The Labute approximate surface area is 175 Å². The van der Waals surface area contributed by atoms with E-state index in [0.717, 1.165) is 32.8 Å². The highest BCUT2D eigenvalue weighted by Gasteiger charge is 2.27. The van der Waals surface area contributed by atoms with Crippen LogP contribution < -0.4 is 4.90 Å². The highest BCUT2D eigenvalue weighted by Crippen LogP contribution is 2.31. The van der Waals surface area contributed by atoms with Crippen LogP contribution in [0.3, 0.4) is 0 Å². The Bertz CT molecular complexity index is 1090. The van der Waals surface area contributed by atoms with Gasteiger partial charge in [0.15, 0.2) is 5.13 Å². The summed E-state index contributed by atoms with van der Waals surface area (Å²) in [5, 5.41) is 1.61. The third-order valence-corrected chi connectivity index (χ3v) is 8.20. The molecule has 3 aromatic rings. The lowest BCUT2D eigenvalue weighted by atomic mass is 10.3. The lowest BCUT2D eigenvalue weighted by Gasteiger charge is -2.21. The molecule has 0 spiro atoms. The molecule has 0 atom stereocenters. The van der Waals surface area contributed by atoms with Gasteiger partial charge in [0.1, 0.15) is 0 Å². The first-order valence-electron chi connectivity index (χ1n) is 8.50. The fourth-order valence-electron chi connectivity index (χ4n) is 3.12. The number of sulfonamides is 1. The summed E-state index contributed by atoms with van der Waals surface area (Å²) in [6.45, 7) is 2.33. The Morgan fingerprint density at radius 2 is 1.93 bits per heavy atom. The van der Waals surface area contributed by atoms with Gasteiger partial charge >= 0.3 is 0 Å². The van der Waals surface area contributed by atoms with Crippen molar-refractivity contribution in [2.24, 2.45) is 0 Å². The first kappa shape index (κ1) is 19.1. The standard InChI is InChI=1S/C18H17BrClN3O2S2/c19-13-3-1-4-15(11-13)27(24,25)23-8-2-7-22(9-10-23)18-21-16-6-5-14(20)12-17(16)26-18/h1,3-6,11-12H,2,7-10H2. The summed E-state index contributed by atoms with van der Waals surface area (Å²) in [6, 6.07) is 12.5. The van der Waals surface area contributed by atoms with Gasteiger partial charge < -0.3 is 4.90 Å². The van der Waals surface area contributed by atoms with Crippen molar-refractivity contribution in [2.75, 3.05) is 31.1 Å². The molecule has 1 aliphatic rings. The zero-order valence-corrected chi connectivity index (χ0v) is 18.3. The first-order chi connectivity index (χ1) is 12.9. The molecule has 4 rings (SSSR count). The normalized spacial score (nSPS) is 16.6. The maximum Gasteiger partial charge on any atom is 0.243 e. The van der Waals surface area contributed by atoms with Crippen molar-refractivity contribution in [3.63, 3.8) is 0 Å². The van der Waals surface area contributed by atoms with Crippen molar-refractivity contribution in [1.29, 1.82) is 0 Å². The molecule has 5 nitrogen and oxygen atoms in total. The molecule has 27 heavy (non-hydrogen) atoms. The van der Waals surface area contributed by atoms with E-state index in [1.807, 2.05) is 24.3 Å². The van der Waals surface area contributed by atoms with Crippen LogP contribution in [0.15, 0.2) is 51.8 Å². The van der Waals surface area contributed by atoms with Crippen molar-refractivity contribution in [3.05, 3.63) is 52.0 Å². The summed E-state index contributed by atoms with van der Waals surface area (Å²) in [5.41, 5.74) is 0.919. The van der Waals surface area contributed by atoms with Crippen LogP contribution in [-0.4, -0.2) is 43.9 Å². The minimum atomic E-state index is -3.50. The average molecular weight is 487 g/mol. The second kappa shape index (κ2) is 7.67. The van der Waals surface area contributed by atoms with Gasteiger partial charge in [-0.25, -0.2) is 13.4 Å². The third kappa shape index (κ3) is 4.00. The number of benzene rings is 2. The molecule has 2 aromatic carbocycles. The van der Waals surface area contributed by atoms with E-state index in [9.17, 15) is 8.42 Å². The zero-order chi connectivity index (χ0) is 19.0. The van der Waals surface area contributed by atoms with Crippen LogP contribution >= 0.6 is 38.9 Å². The Balaban J connectivity index is 1.54. The Kier molecular flexibility index (Phi) is 5.44. The molecule has 1 aromatic heterocycles. The number of hydrogen-bond acceptors (Lipinski definition) is 5. The van der Waals surface area contributed by atoms with Crippen molar-refractivity contribution >= 4 is 64.2 Å². The molecular formula is C18H17BrClN3O2S2. The molecular weight excluding hydrogens is 470 g/mol. The van der Waals surface area contributed by atoms with E-state index in [4.69, 9.17) is 11.6 Å². The van der Waals surface area contributed by atoms with Gasteiger partial charge in [0.2, 0.25) is 10.0 Å². The van der Waals surface area contributed by atoms with E-state index in [2.05, 4.69) is 25.8 Å². The summed E-state index contributed by atoms with van der Waals surface area (Å²) in [6.07, 6.45) is 0.754. The van der Waals surface area contributed by atoms with Crippen molar-refractivity contribution in [3.8, 4) is 0 Å². The van der Waals surface area contributed by atoms with Gasteiger partial charge in [0.25, 0.3) is 0 Å². The van der Waals surface area contributed by atoms with Gasteiger partial charge in [-0.15, -0.1) is 0 Å². The van der Waals surface area contributed by atoms with Gasteiger partial charge in [-0.1, -0.05) is 44.9 Å². The molecule has 1 saturated heterocycles. The van der Waals surface area contributed by atoms with Gasteiger partial charge in [-0.2, -0.15) is 4.31 Å². The number of anilines is 1. The van der Waals surface area contributed by atoms with Gasteiger partial charge in [-0.3, -0.25) is 0 Å². The van der Waals surface area contributed by atoms with Crippen LogP contribution in [-0.2, 0) is 10.0 Å². The fourth-order valence-corrected chi connectivity index (χ4v) is 6.48. The smallest absolute Gasteiger partial charge is 0.243 e. The number of nitrogens with zero attached hydrogens (tertiary/aromatic N) is 3. The molecule has 0 aliphatic carbocycles. The molecule has 9 heteroatoms. The Morgan fingerprint density at radius 1 is 1.07 bits per heavy atom. The van der Waals surface area contributed by atoms with E-state index in [0.29, 0.717) is 29.6 Å². The molecule has 142 valence electrons. The van der Waals surface area contributed by atoms with E-state index < -0.39 is 10.0 Å². The summed E-state index contributed by atoms with van der Waals surface area (Å²) in [5.74, 6) is 0. The largest absolute Gasteiger partial charge is 0.347 e. The molecule has 1 aliphatic heterocycles. The van der Waals surface area contributed by atoms with Gasteiger partial charge in [0, 0.05) is 35.7 Å². The van der Waals surface area contributed by atoms with E-state index in [1.165, 1.54) is 0 Å². The zero-order valence-electron chi connectivity index (χ0n) is 14.3. The van der Waals surface area contributed by atoms with E-state index in [1.54, 1.807) is 33.8 Å². The van der Waals surface area contributed by atoms with Crippen molar-refractivity contribution in [1.82, 2.24) is 9.29 Å². The molecule has 1 fully saturated rings. The molecule has 0 N–H and O–H groups in total. The van der Waals surface area contributed by atoms with Crippen LogP contribution in [0.25, 0.3) is 10.2 Å². The second-order valence-corrected chi connectivity index (χ2v) is 10.6. The minimum Gasteiger partial charge on any atom is -0.347 e. The Morgan fingerprint density at radius 3 is 2.74 bits per heavy atom. The maximum absolute atomic E-state index is 13.0. The third-order valence-electron chi connectivity index (χ3n) is 4.50. The predicted molar refractivity (Wildman–Crippen MR) is 114 cm³/mol. The number of fused-ring (bicyclic) bond motifs is 1. The monoisotopic (exact) mass is 485 g/mol. The van der Waals surface area contributed by atoms with Crippen LogP contribution in [0.5, 0.6) is 0 Å². The minimum absolute atomic E-state index is 0.319. The molecule has 0 bridgehead atoms. The van der Waals surface area contributed by atoms with E-state index in [-0.39, 0.29) is 0 Å². The predicted octanol–water partition coefficient (Wildman–Crippen LogP) is 4.61. The number of hydrogen-bond donors (Lipinski definition) is 0. The summed E-state index contributed by atoms with van der Waals surface area (Å²) in [7, 11) is -3.50. The quantitative estimate of drug-likeness (QED) is 0.542. The fraction of sp³-hybridized carbons (Fsp3) is 0.278. The molecule has 0 amide bonds. The van der Waals surface area contributed by atoms with E-state index >= 15 is 0 Å². The number of halogens is 2. The number of aromatic nitrogens is 1. The molecule has 0 unspecified atom stereocenters. The highest BCUT2D eigenvalue weighted by molar-refractivity contribution is 9.10. The number of thiazole rings is 1. The first-order valence-corrected chi connectivity index (χ1v) is 11.9. The van der Waals surface area contributed by atoms with Crippen LogP contribution in [0.4, 0.5) is 5.13 Å². The maximum atomic E-state index is 13.0. The summed E-state index contributed by atoms with van der Waals surface area (Å²) >= 11 is 11.0. The SMILES string of the molecule is O=S(=O)(c1cccc(Br)c1)N1CCCN(c2nc3ccc(Cl)cc3s2)CC1. The highest BCUT2D eigenvalue weighted by atomic mass is 79.9. The molecule has 0 saturated carbocycles. The number of rotatable bonds is 3.